The van der Waals surface area contributed by atoms with Crippen LogP contribution in [0.5, 0.6) is 0 Å². The molecule has 0 bridgehead atoms. The molecule has 0 saturated carbocycles. The van der Waals surface area contributed by atoms with Gasteiger partial charge < -0.3 is 5.32 Å². The Balaban J connectivity index is 3.61. The second kappa shape index (κ2) is 3.81. The van der Waals surface area contributed by atoms with Gasteiger partial charge in [0.25, 0.3) is 0 Å². The van der Waals surface area contributed by atoms with Crippen molar-refractivity contribution in [2.45, 2.75) is 0 Å². The minimum atomic E-state index is -3.03. The van der Waals surface area contributed by atoms with Gasteiger partial charge in [0, 0.05) is 13.6 Å². The molecule has 0 amide bonds. The molecule has 0 unspecified atom stereocenters. The first-order valence-electron chi connectivity index (χ1n) is 2.53. The minimum Gasteiger partial charge on any atom is -0.314 e. The molecule has 0 aliphatic heterocycles. The van der Waals surface area contributed by atoms with Crippen molar-refractivity contribution in [3.8, 4) is 0 Å². The predicted molar refractivity (Wildman–Crippen MR) is 36.2 cm³/mol. The fourth-order valence-corrected chi connectivity index (χ4v) is 0.926. The zero-order chi connectivity index (χ0) is 7.33. The van der Waals surface area contributed by atoms with Crippen molar-refractivity contribution in [2.75, 3.05) is 19.3 Å². The van der Waals surface area contributed by atoms with Gasteiger partial charge in [-0.25, -0.2) is 13.1 Å². The monoisotopic (exact) mass is 151 g/mol. The van der Waals surface area contributed by atoms with Gasteiger partial charge in [0.15, 0.2) is 0 Å². The molecule has 0 fully saturated rings. The van der Waals surface area contributed by atoms with Gasteiger partial charge in [0.05, 0.1) is 5.75 Å². The summed E-state index contributed by atoms with van der Waals surface area (Å²) in [5.41, 5.74) is 0. The Morgan fingerprint density at radius 2 is 2.11 bits per heavy atom. The van der Waals surface area contributed by atoms with Crippen LogP contribution in [0.1, 0.15) is 0 Å². The standard InChI is InChI=1S/C4H11N2O2S/c1-5-3-4-9(7,8)6-2/h5-6H,1,3-4H2,2H3. The Hall–Kier alpha value is -0.130. The maximum Gasteiger partial charge on any atom is 0.212 e. The third-order valence-corrected chi connectivity index (χ3v) is 2.22. The summed E-state index contributed by atoms with van der Waals surface area (Å²) in [6, 6.07) is 0. The van der Waals surface area contributed by atoms with Crippen molar-refractivity contribution in [1.29, 1.82) is 0 Å². The molecule has 9 heavy (non-hydrogen) atoms. The van der Waals surface area contributed by atoms with Gasteiger partial charge in [0.2, 0.25) is 10.0 Å². The van der Waals surface area contributed by atoms with Crippen molar-refractivity contribution in [3.05, 3.63) is 7.05 Å². The summed E-state index contributed by atoms with van der Waals surface area (Å²) in [5.74, 6) is 0.0764. The summed E-state index contributed by atoms with van der Waals surface area (Å²) >= 11 is 0. The van der Waals surface area contributed by atoms with E-state index in [1.165, 1.54) is 7.05 Å². The fraction of sp³-hybridized carbons (Fsp3) is 0.750. The highest BCUT2D eigenvalue weighted by Gasteiger charge is 2.03. The van der Waals surface area contributed by atoms with Crippen LogP contribution in [0.2, 0.25) is 0 Å². The molecule has 0 heterocycles. The van der Waals surface area contributed by atoms with E-state index in [-0.39, 0.29) is 5.75 Å². The molecule has 1 radical (unpaired) electrons. The Kier molecular flexibility index (Phi) is 3.76. The third kappa shape index (κ3) is 4.38. The van der Waals surface area contributed by atoms with E-state index < -0.39 is 10.0 Å². The largest absolute Gasteiger partial charge is 0.314 e. The lowest BCUT2D eigenvalue weighted by molar-refractivity contribution is 0.586. The second-order valence-electron chi connectivity index (χ2n) is 1.52. The molecule has 2 N–H and O–H groups in total. The van der Waals surface area contributed by atoms with Crippen molar-refractivity contribution >= 4 is 10.0 Å². The minimum absolute atomic E-state index is 0.0764. The van der Waals surface area contributed by atoms with Crippen LogP contribution >= 0.6 is 0 Å². The molecule has 0 aliphatic rings. The van der Waals surface area contributed by atoms with Crippen LogP contribution in [-0.2, 0) is 10.0 Å². The fourth-order valence-electron chi connectivity index (χ4n) is 0.309. The van der Waals surface area contributed by atoms with Gasteiger partial charge in [-0.05, 0) is 7.05 Å². The molecule has 0 aromatic rings. The van der Waals surface area contributed by atoms with Crippen molar-refractivity contribution in [2.24, 2.45) is 0 Å². The summed E-state index contributed by atoms with van der Waals surface area (Å²) in [5, 5.41) is 2.49. The lowest BCUT2D eigenvalue weighted by Gasteiger charge is -1.98. The first-order valence-corrected chi connectivity index (χ1v) is 4.19. The van der Waals surface area contributed by atoms with E-state index in [9.17, 15) is 8.42 Å². The highest BCUT2D eigenvalue weighted by atomic mass is 32.2. The highest BCUT2D eigenvalue weighted by molar-refractivity contribution is 7.89. The number of rotatable bonds is 4. The maximum atomic E-state index is 10.6. The Labute approximate surface area is 55.7 Å². The quantitative estimate of drug-likeness (QED) is 0.537. The number of hydrogen-bond acceptors (Lipinski definition) is 3. The van der Waals surface area contributed by atoms with Crippen molar-refractivity contribution < 1.29 is 8.42 Å². The molecule has 0 rings (SSSR count). The lowest BCUT2D eigenvalue weighted by atomic mass is 10.8. The molecule has 0 aromatic heterocycles. The Bertz CT molecular complexity index is 152. The third-order valence-electron chi connectivity index (χ3n) is 0.859. The Morgan fingerprint density at radius 3 is 2.44 bits per heavy atom. The molecule has 0 aliphatic carbocycles. The molecule has 4 nitrogen and oxygen atoms in total. The van der Waals surface area contributed by atoms with Crippen molar-refractivity contribution in [1.82, 2.24) is 10.0 Å². The van der Waals surface area contributed by atoms with Gasteiger partial charge in [-0.3, -0.25) is 0 Å². The number of sulfonamides is 1. The van der Waals surface area contributed by atoms with Crippen LogP contribution in [0, 0.1) is 7.05 Å². The smallest absolute Gasteiger partial charge is 0.212 e. The molecule has 55 valence electrons. The van der Waals surface area contributed by atoms with E-state index in [0.717, 1.165) is 0 Å². The Morgan fingerprint density at radius 1 is 1.56 bits per heavy atom. The van der Waals surface area contributed by atoms with Gasteiger partial charge >= 0.3 is 0 Å². The van der Waals surface area contributed by atoms with Crippen LogP contribution in [0.3, 0.4) is 0 Å². The lowest BCUT2D eigenvalue weighted by Crippen LogP contribution is -2.27. The number of hydrogen-bond donors (Lipinski definition) is 2. The zero-order valence-electron chi connectivity index (χ0n) is 5.35. The average molecular weight is 151 g/mol. The van der Waals surface area contributed by atoms with Crippen LogP contribution in [-0.4, -0.2) is 27.8 Å². The maximum absolute atomic E-state index is 10.6. The van der Waals surface area contributed by atoms with Crippen LogP contribution in [0.4, 0.5) is 0 Å². The second-order valence-corrected chi connectivity index (χ2v) is 3.57. The number of nitrogens with one attached hydrogen (secondary N) is 2. The van der Waals surface area contributed by atoms with Gasteiger partial charge in [-0.15, -0.1) is 0 Å². The summed E-state index contributed by atoms with van der Waals surface area (Å²) < 4.78 is 23.3. The van der Waals surface area contributed by atoms with Gasteiger partial charge in [0.1, 0.15) is 0 Å². The van der Waals surface area contributed by atoms with Crippen LogP contribution < -0.4 is 10.0 Å². The molecule has 5 heteroatoms. The summed E-state index contributed by atoms with van der Waals surface area (Å²) in [6.07, 6.45) is 0. The molecular weight excluding hydrogens is 140 g/mol. The topological polar surface area (TPSA) is 58.2 Å². The van der Waals surface area contributed by atoms with E-state index in [1.807, 2.05) is 0 Å². The van der Waals surface area contributed by atoms with E-state index in [2.05, 4.69) is 17.1 Å². The highest BCUT2D eigenvalue weighted by Crippen LogP contribution is 1.77. The van der Waals surface area contributed by atoms with Crippen LogP contribution in [0.15, 0.2) is 0 Å². The normalized spacial score (nSPS) is 11.8. The first kappa shape index (κ1) is 8.87. The molecule has 0 spiro atoms. The summed E-state index contributed by atoms with van der Waals surface area (Å²) in [7, 11) is 1.63. The van der Waals surface area contributed by atoms with Crippen LogP contribution in [0.25, 0.3) is 0 Å². The summed E-state index contributed by atoms with van der Waals surface area (Å²) in [6.45, 7) is 0.378. The zero-order valence-corrected chi connectivity index (χ0v) is 6.16. The first-order chi connectivity index (χ1) is 4.12. The molecular formula is C4H11N2O2S. The molecule has 0 saturated heterocycles. The van der Waals surface area contributed by atoms with E-state index in [4.69, 9.17) is 0 Å². The predicted octanol–water partition coefficient (Wildman–Crippen LogP) is -1.08. The van der Waals surface area contributed by atoms with E-state index >= 15 is 0 Å². The van der Waals surface area contributed by atoms with E-state index in [0.29, 0.717) is 6.54 Å². The molecule has 0 aromatic carbocycles. The summed E-state index contributed by atoms with van der Waals surface area (Å²) in [4.78, 5) is 0. The SMILES string of the molecule is [CH2]NCCS(=O)(=O)NC. The van der Waals surface area contributed by atoms with Crippen molar-refractivity contribution in [3.63, 3.8) is 0 Å². The van der Waals surface area contributed by atoms with E-state index in [1.54, 1.807) is 0 Å². The van der Waals surface area contributed by atoms with Gasteiger partial charge in [-0.1, -0.05) is 0 Å². The van der Waals surface area contributed by atoms with Gasteiger partial charge in [-0.2, -0.15) is 0 Å². The average Bonchev–Trinajstić information content (AvgIpc) is 1.84. The molecule has 0 atom stereocenters.